The number of hydrogen-bond acceptors (Lipinski definition) is 5. The van der Waals surface area contributed by atoms with E-state index in [-0.39, 0.29) is 0 Å². The van der Waals surface area contributed by atoms with Crippen LogP contribution in [0.1, 0.15) is 22.9 Å². The first-order chi connectivity index (χ1) is 10.1. The van der Waals surface area contributed by atoms with Gasteiger partial charge in [-0.05, 0) is 13.0 Å². The van der Waals surface area contributed by atoms with Gasteiger partial charge in [0.25, 0.3) is 0 Å². The van der Waals surface area contributed by atoms with E-state index >= 15 is 0 Å². The molecule has 1 aromatic carbocycles. The van der Waals surface area contributed by atoms with E-state index in [1.807, 2.05) is 19.1 Å². The highest BCUT2D eigenvalue weighted by molar-refractivity contribution is 5.54. The molecule has 0 amide bonds. The third-order valence-corrected chi connectivity index (χ3v) is 3.28. The quantitative estimate of drug-likeness (QED) is 0.916. The van der Waals surface area contributed by atoms with E-state index in [0.717, 1.165) is 5.69 Å². The molecule has 5 heteroatoms. The number of nitrogens with zero attached hydrogens (tertiary/aromatic N) is 1. The fourth-order valence-corrected chi connectivity index (χ4v) is 2.11. The van der Waals surface area contributed by atoms with Crippen molar-refractivity contribution in [3.05, 3.63) is 47.3 Å². The van der Waals surface area contributed by atoms with Gasteiger partial charge in [-0.1, -0.05) is 6.07 Å². The van der Waals surface area contributed by atoms with Gasteiger partial charge in [-0.2, -0.15) is 0 Å². The molecule has 2 aromatic rings. The van der Waals surface area contributed by atoms with E-state index in [1.165, 1.54) is 14.2 Å². The fraction of sp³-hybridized carbons (Fsp3) is 0.312. The summed E-state index contributed by atoms with van der Waals surface area (Å²) in [5, 5.41) is 10.6. The molecule has 1 unspecified atom stereocenters. The SMILES string of the molecule is COc1cc(OC)c(C(O)c2ccc(C)nc2)c(OC)c1. The van der Waals surface area contributed by atoms with Gasteiger partial charge in [0, 0.05) is 29.6 Å². The molecule has 5 nitrogen and oxygen atoms in total. The average Bonchev–Trinajstić information content (AvgIpc) is 2.53. The molecule has 0 fully saturated rings. The normalized spacial score (nSPS) is 11.9. The smallest absolute Gasteiger partial charge is 0.132 e. The summed E-state index contributed by atoms with van der Waals surface area (Å²) < 4.78 is 15.9. The molecular weight excluding hydrogens is 270 g/mol. The highest BCUT2D eigenvalue weighted by Crippen LogP contribution is 2.40. The minimum Gasteiger partial charge on any atom is -0.496 e. The van der Waals surface area contributed by atoms with Crippen molar-refractivity contribution in [3.63, 3.8) is 0 Å². The van der Waals surface area contributed by atoms with E-state index < -0.39 is 6.10 Å². The third-order valence-electron chi connectivity index (χ3n) is 3.28. The molecule has 21 heavy (non-hydrogen) atoms. The second-order valence-corrected chi connectivity index (χ2v) is 4.58. The number of methoxy groups -OCH3 is 3. The second-order valence-electron chi connectivity index (χ2n) is 4.58. The maximum Gasteiger partial charge on any atom is 0.132 e. The summed E-state index contributed by atoms with van der Waals surface area (Å²) >= 11 is 0. The maximum absolute atomic E-state index is 10.6. The molecule has 0 aliphatic rings. The van der Waals surface area contributed by atoms with E-state index in [0.29, 0.717) is 28.4 Å². The molecule has 0 spiro atoms. The number of pyridine rings is 1. The van der Waals surface area contributed by atoms with Crippen LogP contribution in [0.2, 0.25) is 0 Å². The van der Waals surface area contributed by atoms with Crippen LogP contribution in [0.25, 0.3) is 0 Å². The fourth-order valence-electron chi connectivity index (χ4n) is 2.11. The van der Waals surface area contributed by atoms with Crippen LogP contribution in [0.15, 0.2) is 30.5 Å². The summed E-state index contributed by atoms with van der Waals surface area (Å²) in [7, 11) is 4.64. The van der Waals surface area contributed by atoms with Crippen LogP contribution in [-0.4, -0.2) is 31.4 Å². The van der Waals surface area contributed by atoms with Crippen molar-refractivity contribution in [1.82, 2.24) is 4.98 Å². The number of aromatic nitrogens is 1. The van der Waals surface area contributed by atoms with E-state index in [4.69, 9.17) is 14.2 Å². The summed E-state index contributed by atoms with van der Waals surface area (Å²) in [6.45, 7) is 1.89. The van der Waals surface area contributed by atoms with Crippen molar-refractivity contribution >= 4 is 0 Å². The zero-order valence-corrected chi connectivity index (χ0v) is 12.6. The Morgan fingerprint density at radius 1 is 1.00 bits per heavy atom. The largest absolute Gasteiger partial charge is 0.496 e. The van der Waals surface area contributed by atoms with Crippen molar-refractivity contribution < 1.29 is 19.3 Å². The summed E-state index contributed by atoms with van der Waals surface area (Å²) in [5.41, 5.74) is 2.11. The maximum atomic E-state index is 10.6. The standard InChI is InChI=1S/C16H19NO4/c1-10-5-6-11(9-17-10)16(18)15-13(20-3)7-12(19-2)8-14(15)21-4/h5-9,16,18H,1-4H3. The number of hydrogen-bond donors (Lipinski definition) is 1. The minimum atomic E-state index is -0.895. The van der Waals surface area contributed by atoms with Gasteiger partial charge in [-0.15, -0.1) is 0 Å². The molecule has 0 aliphatic carbocycles. The number of ether oxygens (including phenoxy) is 3. The Balaban J connectivity index is 2.52. The van der Waals surface area contributed by atoms with Crippen LogP contribution in [0.5, 0.6) is 17.2 Å². The van der Waals surface area contributed by atoms with E-state index in [9.17, 15) is 5.11 Å². The first-order valence-electron chi connectivity index (χ1n) is 6.51. The lowest BCUT2D eigenvalue weighted by atomic mass is 10.0. The number of rotatable bonds is 5. The van der Waals surface area contributed by atoms with Crippen LogP contribution in [0, 0.1) is 6.92 Å². The highest BCUT2D eigenvalue weighted by atomic mass is 16.5. The van der Waals surface area contributed by atoms with Crippen LogP contribution in [0.4, 0.5) is 0 Å². The molecule has 1 N–H and O–H groups in total. The van der Waals surface area contributed by atoms with E-state index in [1.54, 1.807) is 25.4 Å². The van der Waals surface area contributed by atoms with Crippen LogP contribution < -0.4 is 14.2 Å². The number of aliphatic hydroxyl groups excluding tert-OH is 1. The zero-order chi connectivity index (χ0) is 15.4. The van der Waals surface area contributed by atoms with Crippen molar-refractivity contribution in [3.8, 4) is 17.2 Å². The Hall–Kier alpha value is -2.27. The van der Waals surface area contributed by atoms with Gasteiger partial charge in [0.05, 0.1) is 26.9 Å². The molecule has 0 aliphatic heterocycles. The molecule has 0 radical (unpaired) electrons. The van der Waals surface area contributed by atoms with Gasteiger partial charge in [-0.25, -0.2) is 0 Å². The molecule has 0 saturated carbocycles. The van der Waals surface area contributed by atoms with Crippen LogP contribution in [0.3, 0.4) is 0 Å². The van der Waals surface area contributed by atoms with Gasteiger partial charge in [0.15, 0.2) is 0 Å². The van der Waals surface area contributed by atoms with Crippen LogP contribution in [-0.2, 0) is 0 Å². The van der Waals surface area contributed by atoms with Gasteiger partial charge in [0.2, 0.25) is 0 Å². The monoisotopic (exact) mass is 289 g/mol. The van der Waals surface area contributed by atoms with Gasteiger partial charge < -0.3 is 19.3 Å². The topological polar surface area (TPSA) is 60.8 Å². The molecular formula is C16H19NO4. The number of aryl methyl sites for hydroxylation is 1. The Kier molecular flexibility index (Phi) is 4.65. The second kappa shape index (κ2) is 6.45. The lowest BCUT2D eigenvalue weighted by Crippen LogP contribution is -2.06. The van der Waals surface area contributed by atoms with Gasteiger partial charge >= 0.3 is 0 Å². The highest BCUT2D eigenvalue weighted by Gasteiger charge is 2.22. The van der Waals surface area contributed by atoms with E-state index in [2.05, 4.69) is 4.98 Å². The number of aliphatic hydroxyl groups is 1. The predicted octanol–water partition coefficient (Wildman–Crippen LogP) is 2.50. The number of benzene rings is 1. The van der Waals surface area contributed by atoms with Crippen molar-refractivity contribution in [2.75, 3.05) is 21.3 Å². The summed E-state index contributed by atoms with van der Waals surface area (Å²) in [5.74, 6) is 1.60. The Labute approximate surface area is 124 Å². The first-order valence-corrected chi connectivity index (χ1v) is 6.51. The minimum absolute atomic E-state index is 0.499. The Morgan fingerprint density at radius 2 is 1.62 bits per heavy atom. The summed E-state index contributed by atoms with van der Waals surface area (Å²) in [6, 6.07) is 7.10. The molecule has 2 rings (SSSR count). The molecule has 0 bridgehead atoms. The third kappa shape index (κ3) is 3.08. The van der Waals surface area contributed by atoms with Crippen molar-refractivity contribution in [2.24, 2.45) is 0 Å². The molecule has 112 valence electrons. The van der Waals surface area contributed by atoms with Gasteiger partial charge in [-0.3, -0.25) is 4.98 Å². The first kappa shape index (κ1) is 15.1. The molecule has 1 atom stereocenters. The molecule has 1 aromatic heterocycles. The molecule has 1 heterocycles. The predicted molar refractivity (Wildman–Crippen MR) is 79.1 cm³/mol. The average molecular weight is 289 g/mol. The zero-order valence-electron chi connectivity index (χ0n) is 12.6. The summed E-state index contributed by atoms with van der Waals surface area (Å²) in [4.78, 5) is 4.20. The Bertz CT molecular complexity index is 585. The van der Waals surface area contributed by atoms with Crippen LogP contribution >= 0.6 is 0 Å². The lowest BCUT2D eigenvalue weighted by Gasteiger charge is -2.19. The lowest BCUT2D eigenvalue weighted by molar-refractivity contribution is 0.208. The Morgan fingerprint density at radius 3 is 2.05 bits per heavy atom. The van der Waals surface area contributed by atoms with Crippen molar-refractivity contribution in [1.29, 1.82) is 0 Å². The van der Waals surface area contributed by atoms with Gasteiger partial charge in [0.1, 0.15) is 23.4 Å². The summed E-state index contributed by atoms with van der Waals surface area (Å²) in [6.07, 6.45) is 0.747. The van der Waals surface area contributed by atoms with Crippen molar-refractivity contribution in [2.45, 2.75) is 13.0 Å². The molecule has 0 saturated heterocycles.